The molecule has 0 atom stereocenters. The lowest BCUT2D eigenvalue weighted by molar-refractivity contribution is 0.260. The zero-order valence-electron chi connectivity index (χ0n) is 10.3. The summed E-state index contributed by atoms with van der Waals surface area (Å²) in [5, 5.41) is 2.87. The summed E-state index contributed by atoms with van der Waals surface area (Å²) in [6.45, 7) is 0. The van der Waals surface area contributed by atoms with Gasteiger partial charge in [-0.3, -0.25) is 0 Å². The number of carbonyl (C=O) groups is 1. The van der Waals surface area contributed by atoms with Crippen molar-refractivity contribution in [1.82, 2.24) is 0 Å². The van der Waals surface area contributed by atoms with Crippen molar-refractivity contribution in [2.24, 2.45) is 0 Å². The highest BCUT2D eigenvalue weighted by Crippen LogP contribution is 2.38. The van der Waals surface area contributed by atoms with Crippen LogP contribution in [0, 0.1) is 0 Å². The molecule has 2 aromatic rings. The molecule has 0 spiro atoms. The summed E-state index contributed by atoms with van der Waals surface area (Å²) >= 11 is 1.41. The second-order valence-electron chi connectivity index (χ2n) is 4.01. The molecule has 1 aliphatic heterocycles. The number of benzene rings is 2. The lowest BCUT2D eigenvalue weighted by Gasteiger charge is -2.27. The minimum atomic E-state index is -0.145. The molecule has 0 saturated carbocycles. The van der Waals surface area contributed by atoms with E-state index in [1.54, 1.807) is 11.4 Å². The Morgan fingerprint density at radius 1 is 1.11 bits per heavy atom. The van der Waals surface area contributed by atoms with Crippen LogP contribution in [0.15, 0.2) is 53.4 Å². The van der Waals surface area contributed by atoms with Crippen molar-refractivity contribution in [3.05, 3.63) is 48.5 Å². The third kappa shape index (κ3) is 2.24. The average molecular weight is 272 g/mol. The molecule has 1 N–H and O–H groups in total. The third-order valence-electron chi connectivity index (χ3n) is 2.81. The van der Waals surface area contributed by atoms with Crippen LogP contribution in [0.2, 0.25) is 0 Å². The number of ether oxygens (including phenoxy) is 1. The van der Waals surface area contributed by atoms with E-state index in [1.807, 2.05) is 48.5 Å². The predicted octanol–water partition coefficient (Wildman–Crippen LogP) is 3.75. The number of amides is 2. The average Bonchev–Trinajstić information content (AvgIpc) is 2.47. The number of carbonyl (C=O) groups excluding carboxylic acids is 1. The van der Waals surface area contributed by atoms with Crippen molar-refractivity contribution in [3.8, 4) is 5.75 Å². The Balaban J connectivity index is 1.91. The first-order chi connectivity index (χ1) is 9.28. The molecule has 19 heavy (non-hydrogen) atoms. The Hall–Kier alpha value is -2.14. The number of methoxy groups -OCH3 is 1. The molecule has 1 aliphatic rings. The van der Waals surface area contributed by atoms with E-state index in [-0.39, 0.29) is 6.03 Å². The van der Waals surface area contributed by atoms with Crippen LogP contribution in [0.25, 0.3) is 0 Å². The number of urea groups is 1. The normalized spacial score (nSPS) is 13.7. The molecule has 0 unspecified atom stereocenters. The lowest BCUT2D eigenvalue weighted by Crippen LogP contribution is -2.32. The van der Waals surface area contributed by atoms with Crippen LogP contribution in [-0.2, 0) is 0 Å². The maximum atomic E-state index is 12.1. The summed E-state index contributed by atoms with van der Waals surface area (Å²) < 4.78 is 6.74. The molecule has 1 heterocycles. The zero-order chi connectivity index (χ0) is 13.2. The van der Waals surface area contributed by atoms with E-state index in [4.69, 9.17) is 4.74 Å². The van der Waals surface area contributed by atoms with Crippen LogP contribution in [-0.4, -0.2) is 13.1 Å². The summed E-state index contributed by atoms with van der Waals surface area (Å²) in [5.74, 6) is 0.770. The van der Waals surface area contributed by atoms with Crippen LogP contribution in [0.5, 0.6) is 5.75 Å². The van der Waals surface area contributed by atoms with Gasteiger partial charge in [0.25, 0.3) is 0 Å². The lowest BCUT2D eigenvalue weighted by atomic mass is 10.3. The number of anilines is 2. The minimum Gasteiger partial charge on any atom is -0.497 e. The van der Waals surface area contributed by atoms with E-state index in [0.29, 0.717) is 0 Å². The number of para-hydroxylation sites is 1. The molecule has 0 bridgehead atoms. The Bertz CT molecular complexity index is 613. The van der Waals surface area contributed by atoms with Gasteiger partial charge in [0.2, 0.25) is 0 Å². The molecule has 3 rings (SSSR count). The third-order valence-corrected chi connectivity index (χ3v) is 3.92. The van der Waals surface area contributed by atoms with Crippen LogP contribution >= 0.6 is 11.9 Å². The minimum absolute atomic E-state index is 0.145. The van der Waals surface area contributed by atoms with Gasteiger partial charge in [-0.05, 0) is 48.3 Å². The van der Waals surface area contributed by atoms with Gasteiger partial charge in [0.15, 0.2) is 0 Å². The summed E-state index contributed by atoms with van der Waals surface area (Å²) in [4.78, 5) is 13.1. The molecule has 0 radical (unpaired) electrons. The predicted molar refractivity (Wildman–Crippen MR) is 76.8 cm³/mol. The fourth-order valence-corrected chi connectivity index (χ4v) is 2.75. The van der Waals surface area contributed by atoms with E-state index >= 15 is 0 Å². The molecule has 4 nitrogen and oxygen atoms in total. The number of fused-ring (bicyclic) bond motifs is 1. The molecule has 2 aromatic carbocycles. The van der Waals surface area contributed by atoms with E-state index < -0.39 is 0 Å². The van der Waals surface area contributed by atoms with Crippen molar-refractivity contribution in [1.29, 1.82) is 0 Å². The highest BCUT2D eigenvalue weighted by Gasteiger charge is 2.24. The summed E-state index contributed by atoms with van der Waals surface area (Å²) in [6.07, 6.45) is 0. The zero-order valence-corrected chi connectivity index (χ0v) is 11.1. The van der Waals surface area contributed by atoms with Gasteiger partial charge >= 0.3 is 6.03 Å². The Morgan fingerprint density at radius 3 is 2.58 bits per heavy atom. The van der Waals surface area contributed by atoms with Crippen LogP contribution in [0.3, 0.4) is 0 Å². The topological polar surface area (TPSA) is 41.6 Å². The molecular weight excluding hydrogens is 260 g/mol. The van der Waals surface area contributed by atoms with Gasteiger partial charge in [-0.15, -0.1) is 0 Å². The van der Waals surface area contributed by atoms with Gasteiger partial charge < -0.3 is 10.1 Å². The highest BCUT2D eigenvalue weighted by atomic mass is 32.2. The van der Waals surface area contributed by atoms with Crippen LogP contribution in [0.1, 0.15) is 0 Å². The van der Waals surface area contributed by atoms with Crippen molar-refractivity contribution >= 4 is 29.4 Å². The number of hydrogen-bond donors (Lipinski definition) is 1. The largest absolute Gasteiger partial charge is 0.497 e. The first kappa shape index (κ1) is 11.9. The molecule has 0 aromatic heterocycles. The molecule has 96 valence electrons. The van der Waals surface area contributed by atoms with E-state index in [9.17, 15) is 4.79 Å². The standard InChI is InChI=1S/C14H12N2O2S/c1-18-11-8-6-10(7-9-11)16-14(17)15-12-4-2-3-5-13(12)19-16/h2-9H,1H3,(H,15,17). The Morgan fingerprint density at radius 2 is 1.84 bits per heavy atom. The van der Waals surface area contributed by atoms with Crippen molar-refractivity contribution in [3.63, 3.8) is 0 Å². The van der Waals surface area contributed by atoms with Gasteiger partial charge in [0, 0.05) is 0 Å². The number of rotatable bonds is 2. The highest BCUT2D eigenvalue weighted by molar-refractivity contribution is 8.01. The monoisotopic (exact) mass is 272 g/mol. The summed E-state index contributed by atoms with van der Waals surface area (Å²) in [6, 6.07) is 15.0. The fourth-order valence-electron chi connectivity index (χ4n) is 1.84. The van der Waals surface area contributed by atoms with Crippen LogP contribution in [0.4, 0.5) is 16.2 Å². The molecule has 0 aliphatic carbocycles. The molecule has 0 fully saturated rings. The van der Waals surface area contributed by atoms with Gasteiger partial charge in [0.05, 0.1) is 23.4 Å². The van der Waals surface area contributed by atoms with Gasteiger partial charge in [-0.2, -0.15) is 0 Å². The summed E-state index contributed by atoms with van der Waals surface area (Å²) in [5.41, 5.74) is 1.67. The van der Waals surface area contributed by atoms with Gasteiger partial charge in [-0.25, -0.2) is 9.10 Å². The molecule has 2 amide bonds. The maximum Gasteiger partial charge on any atom is 0.336 e. The van der Waals surface area contributed by atoms with E-state index in [2.05, 4.69) is 5.32 Å². The summed E-state index contributed by atoms with van der Waals surface area (Å²) in [7, 11) is 1.62. The smallest absolute Gasteiger partial charge is 0.336 e. The number of hydrogen-bond acceptors (Lipinski definition) is 3. The van der Waals surface area contributed by atoms with Crippen LogP contribution < -0.4 is 14.4 Å². The SMILES string of the molecule is COc1ccc(N2Sc3ccccc3NC2=O)cc1. The first-order valence-corrected chi connectivity index (χ1v) is 6.57. The fraction of sp³-hybridized carbons (Fsp3) is 0.0714. The second-order valence-corrected chi connectivity index (χ2v) is 5.00. The van der Waals surface area contributed by atoms with Gasteiger partial charge in [-0.1, -0.05) is 12.1 Å². The molecule has 5 heteroatoms. The van der Waals surface area contributed by atoms with E-state index in [1.165, 1.54) is 11.9 Å². The van der Waals surface area contributed by atoms with Crippen molar-refractivity contribution in [2.75, 3.05) is 16.7 Å². The molecule has 0 saturated heterocycles. The number of nitrogens with zero attached hydrogens (tertiary/aromatic N) is 1. The van der Waals surface area contributed by atoms with Gasteiger partial charge in [0.1, 0.15) is 5.75 Å². The Kier molecular flexibility index (Phi) is 3.05. The molecular formula is C14H12N2O2S. The first-order valence-electron chi connectivity index (χ1n) is 5.80. The number of nitrogens with one attached hydrogen (secondary N) is 1. The Labute approximate surface area is 115 Å². The quantitative estimate of drug-likeness (QED) is 0.846. The maximum absolute atomic E-state index is 12.1. The van der Waals surface area contributed by atoms with Crippen molar-refractivity contribution < 1.29 is 9.53 Å². The van der Waals surface area contributed by atoms with Crippen molar-refractivity contribution in [2.45, 2.75) is 4.90 Å². The van der Waals surface area contributed by atoms with E-state index in [0.717, 1.165) is 22.0 Å². The second kappa shape index (κ2) is 4.85.